The van der Waals surface area contributed by atoms with E-state index in [4.69, 9.17) is 23.7 Å². The molecule has 192 valence electrons. The van der Waals surface area contributed by atoms with Crippen molar-refractivity contribution in [1.29, 1.82) is 0 Å². The van der Waals surface area contributed by atoms with Crippen LogP contribution in [-0.2, 0) is 22.7 Å². The molecule has 6 heteroatoms. The van der Waals surface area contributed by atoms with Gasteiger partial charge in [0.1, 0.15) is 17.2 Å². The fourth-order valence-corrected chi connectivity index (χ4v) is 4.47. The Labute approximate surface area is 214 Å². The number of rotatable bonds is 13. The normalized spacial score (nSPS) is 17.5. The van der Waals surface area contributed by atoms with Crippen LogP contribution in [0.4, 0.5) is 0 Å². The molecule has 1 fully saturated rings. The maximum absolute atomic E-state index is 6.38. The van der Waals surface area contributed by atoms with E-state index < -0.39 is 0 Å². The molecule has 1 saturated heterocycles. The van der Waals surface area contributed by atoms with Crippen LogP contribution < -0.4 is 19.5 Å². The SMILES string of the molecule is COc1cc(COC2CNCCC2c2ccc(OCCCOCc3ccccc3)cc2)cc(OC)c1. The lowest BCUT2D eigenvalue weighted by Gasteiger charge is -2.32. The number of benzene rings is 3. The average molecular weight is 492 g/mol. The summed E-state index contributed by atoms with van der Waals surface area (Å²) in [6.07, 6.45) is 1.98. The summed E-state index contributed by atoms with van der Waals surface area (Å²) in [6.45, 7) is 4.27. The van der Waals surface area contributed by atoms with Crippen molar-refractivity contribution in [3.05, 3.63) is 89.5 Å². The van der Waals surface area contributed by atoms with Crippen molar-refractivity contribution in [3.8, 4) is 17.2 Å². The van der Waals surface area contributed by atoms with Crippen LogP contribution in [0.1, 0.15) is 35.4 Å². The molecule has 1 aliphatic heterocycles. The molecule has 0 spiro atoms. The van der Waals surface area contributed by atoms with Gasteiger partial charge in [0.15, 0.2) is 0 Å². The molecule has 3 aromatic rings. The fourth-order valence-electron chi connectivity index (χ4n) is 4.47. The lowest BCUT2D eigenvalue weighted by molar-refractivity contribution is 0.0105. The summed E-state index contributed by atoms with van der Waals surface area (Å²) in [5, 5.41) is 3.47. The van der Waals surface area contributed by atoms with Gasteiger partial charge in [-0.2, -0.15) is 0 Å². The lowest BCUT2D eigenvalue weighted by Crippen LogP contribution is -2.40. The number of methoxy groups -OCH3 is 2. The van der Waals surface area contributed by atoms with Gasteiger partial charge in [-0.3, -0.25) is 0 Å². The Morgan fingerprint density at radius 3 is 2.25 bits per heavy atom. The molecule has 0 amide bonds. The summed E-state index contributed by atoms with van der Waals surface area (Å²) in [6, 6.07) is 24.5. The van der Waals surface area contributed by atoms with Crippen molar-refractivity contribution < 1.29 is 23.7 Å². The number of hydrogen-bond donors (Lipinski definition) is 1. The van der Waals surface area contributed by atoms with E-state index in [1.165, 1.54) is 11.1 Å². The highest BCUT2D eigenvalue weighted by Gasteiger charge is 2.27. The van der Waals surface area contributed by atoms with Crippen molar-refractivity contribution in [2.75, 3.05) is 40.5 Å². The van der Waals surface area contributed by atoms with Crippen LogP contribution in [0.15, 0.2) is 72.8 Å². The van der Waals surface area contributed by atoms with Crippen LogP contribution >= 0.6 is 0 Å². The van der Waals surface area contributed by atoms with E-state index in [0.717, 1.165) is 48.7 Å². The summed E-state index contributed by atoms with van der Waals surface area (Å²) in [4.78, 5) is 0. The quantitative estimate of drug-likeness (QED) is 0.325. The third-order valence-corrected chi connectivity index (χ3v) is 6.42. The maximum atomic E-state index is 6.38. The van der Waals surface area contributed by atoms with Crippen LogP contribution in [0.2, 0.25) is 0 Å². The van der Waals surface area contributed by atoms with Crippen molar-refractivity contribution in [2.24, 2.45) is 0 Å². The number of ether oxygens (including phenoxy) is 5. The Kier molecular flexibility index (Phi) is 10.0. The molecular weight excluding hydrogens is 454 g/mol. The summed E-state index contributed by atoms with van der Waals surface area (Å²) < 4.78 is 28.8. The van der Waals surface area contributed by atoms with Gasteiger partial charge in [-0.05, 0) is 53.9 Å². The first kappa shape index (κ1) is 26.0. The first-order chi connectivity index (χ1) is 17.7. The number of hydrogen-bond acceptors (Lipinski definition) is 6. The van der Waals surface area contributed by atoms with E-state index in [9.17, 15) is 0 Å². The van der Waals surface area contributed by atoms with E-state index in [1.807, 2.05) is 36.4 Å². The van der Waals surface area contributed by atoms with Gasteiger partial charge in [-0.25, -0.2) is 0 Å². The zero-order valence-electron chi connectivity index (χ0n) is 21.3. The number of piperidine rings is 1. The third kappa shape index (κ3) is 7.72. The smallest absolute Gasteiger partial charge is 0.122 e. The summed E-state index contributed by atoms with van der Waals surface area (Å²) in [5.74, 6) is 2.75. The van der Waals surface area contributed by atoms with Gasteiger partial charge in [-0.1, -0.05) is 42.5 Å². The second-order valence-corrected chi connectivity index (χ2v) is 8.98. The standard InChI is InChI=1S/C30H37NO5/c1-32-27-17-24(18-28(19-27)33-2)22-36-30-20-31-14-13-29(30)25-9-11-26(12-10-25)35-16-6-15-34-21-23-7-4-3-5-8-23/h3-5,7-12,17-19,29-31H,6,13-16,20-22H2,1-2H3. The minimum Gasteiger partial charge on any atom is -0.497 e. The van der Waals surface area contributed by atoms with E-state index in [0.29, 0.717) is 32.3 Å². The molecular formula is C30H37NO5. The third-order valence-electron chi connectivity index (χ3n) is 6.42. The average Bonchev–Trinajstić information content (AvgIpc) is 2.94. The molecule has 1 N–H and O–H groups in total. The minimum absolute atomic E-state index is 0.0875. The first-order valence-corrected chi connectivity index (χ1v) is 12.6. The monoisotopic (exact) mass is 491 g/mol. The topological polar surface area (TPSA) is 58.2 Å². The Balaban J connectivity index is 1.24. The van der Waals surface area contributed by atoms with Crippen LogP contribution in [0.5, 0.6) is 17.2 Å². The molecule has 0 aliphatic carbocycles. The van der Waals surface area contributed by atoms with Gasteiger partial charge < -0.3 is 29.0 Å². The minimum atomic E-state index is 0.0875. The van der Waals surface area contributed by atoms with E-state index in [2.05, 4.69) is 41.7 Å². The van der Waals surface area contributed by atoms with Gasteiger partial charge in [0, 0.05) is 24.9 Å². The largest absolute Gasteiger partial charge is 0.497 e. The molecule has 4 rings (SSSR count). The molecule has 0 radical (unpaired) electrons. The lowest BCUT2D eigenvalue weighted by atomic mass is 9.87. The molecule has 36 heavy (non-hydrogen) atoms. The first-order valence-electron chi connectivity index (χ1n) is 12.6. The molecule has 0 saturated carbocycles. The molecule has 2 unspecified atom stereocenters. The second-order valence-electron chi connectivity index (χ2n) is 8.98. The molecule has 0 aromatic heterocycles. The molecule has 0 bridgehead atoms. The molecule has 1 heterocycles. The highest BCUT2D eigenvalue weighted by Crippen LogP contribution is 2.30. The van der Waals surface area contributed by atoms with E-state index in [1.54, 1.807) is 14.2 Å². The van der Waals surface area contributed by atoms with E-state index in [-0.39, 0.29) is 6.10 Å². The molecule has 6 nitrogen and oxygen atoms in total. The Morgan fingerprint density at radius 2 is 1.53 bits per heavy atom. The predicted molar refractivity (Wildman–Crippen MR) is 141 cm³/mol. The Hall–Kier alpha value is -3.06. The van der Waals surface area contributed by atoms with E-state index >= 15 is 0 Å². The summed E-state index contributed by atoms with van der Waals surface area (Å²) in [5.41, 5.74) is 3.51. The van der Waals surface area contributed by atoms with Crippen LogP contribution in [-0.4, -0.2) is 46.6 Å². The van der Waals surface area contributed by atoms with Gasteiger partial charge in [0.05, 0.1) is 46.8 Å². The summed E-state index contributed by atoms with van der Waals surface area (Å²) in [7, 11) is 3.32. The van der Waals surface area contributed by atoms with Crippen LogP contribution in [0, 0.1) is 0 Å². The van der Waals surface area contributed by atoms with Crippen molar-refractivity contribution >= 4 is 0 Å². The second kappa shape index (κ2) is 13.9. The highest BCUT2D eigenvalue weighted by molar-refractivity contribution is 5.38. The van der Waals surface area contributed by atoms with Gasteiger partial charge >= 0.3 is 0 Å². The molecule has 1 aliphatic rings. The van der Waals surface area contributed by atoms with Crippen LogP contribution in [0.3, 0.4) is 0 Å². The highest BCUT2D eigenvalue weighted by atomic mass is 16.5. The summed E-state index contributed by atoms with van der Waals surface area (Å²) >= 11 is 0. The van der Waals surface area contributed by atoms with Crippen LogP contribution in [0.25, 0.3) is 0 Å². The predicted octanol–water partition coefficient (Wildman–Crippen LogP) is 5.35. The van der Waals surface area contributed by atoms with Gasteiger partial charge in [0.25, 0.3) is 0 Å². The van der Waals surface area contributed by atoms with Crippen molar-refractivity contribution in [2.45, 2.75) is 38.1 Å². The maximum Gasteiger partial charge on any atom is 0.122 e. The Bertz CT molecular complexity index is 1020. The van der Waals surface area contributed by atoms with Gasteiger partial charge in [-0.15, -0.1) is 0 Å². The zero-order valence-corrected chi connectivity index (χ0v) is 21.3. The van der Waals surface area contributed by atoms with Crippen molar-refractivity contribution in [1.82, 2.24) is 5.32 Å². The zero-order chi connectivity index (χ0) is 25.0. The number of nitrogens with one attached hydrogen (secondary N) is 1. The van der Waals surface area contributed by atoms with Gasteiger partial charge in [0.2, 0.25) is 0 Å². The molecule has 2 atom stereocenters. The Morgan fingerprint density at radius 1 is 0.778 bits per heavy atom. The van der Waals surface area contributed by atoms with Crippen molar-refractivity contribution in [3.63, 3.8) is 0 Å². The molecule has 3 aromatic carbocycles. The fraction of sp³-hybridized carbons (Fsp3) is 0.400.